The molecular weight excluding hydrogens is 390 g/mol. The summed E-state index contributed by atoms with van der Waals surface area (Å²) in [6.07, 6.45) is 2.61. The van der Waals surface area contributed by atoms with Gasteiger partial charge in [0.25, 0.3) is 0 Å². The second kappa shape index (κ2) is 4.44. The molecule has 0 amide bonds. The van der Waals surface area contributed by atoms with Crippen LogP contribution in [0.25, 0.3) is 0 Å². The molecule has 1 aliphatic rings. The zero-order valence-corrected chi connectivity index (χ0v) is 11.5. The summed E-state index contributed by atoms with van der Waals surface area (Å²) >= 11 is 2.32. The van der Waals surface area contributed by atoms with Gasteiger partial charge in [0.1, 0.15) is 0 Å². The van der Waals surface area contributed by atoms with Gasteiger partial charge in [-0.05, 0) is 0 Å². The number of rotatable bonds is 4. The van der Waals surface area contributed by atoms with E-state index in [1.807, 2.05) is 0 Å². The maximum absolute atomic E-state index is 5.61. The van der Waals surface area contributed by atoms with Crippen LogP contribution in [0.5, 0.6) is 0 Å². The van der Waals surface area contributed by atoms with E-state index in [1.54, 1.807) is 0 Å². The van der Waals surface area contributed by atoms with Crippen molar-refractivity contribution < 1.29 is 20.7 Å². The number of benzene rings is 1. The Kier molecular flexibility index (Phi) is 3.47. The molecule has 1 aromatic rings. The molecule has 1 aliphatic carbocycles. The summed E-state index contributed by atoms with van der Waals surface area (Å²) in [4.78, 5) is 0. The molecule has 0 radical (unpaired) electrons. The molecule has 1 aromatic carbocycles. The molecule has 0 aliphatic heterocycles. The Bertz CT molecular complexity index is 270. The standard InChI is InChI=1S/C10H11I2O/c11-12-13-8-10(6-7-10)9-4-2-1-3-5-9/h1-5H,6-8H2/q-1. The molecule has 0 N–H and O–H groups in total. The van der Waals surface area contributed by atoms with E-state index in [0.29, 0.717) is 5.41 Å². The van der Waals surface area contributed by atoms with Crippen molar-refractivity contribution in [3.63, 3.8) is 0 Å². The third-order valence-corrected chi connectivity index (χ3v) is 4.74. The summed E-state index contributed by atoms with van der Waals surface area (Å²) in [6.45, 7) is 0.938. The van der Waals surface area contributed by atoms with Crippen LogP contribution in [0.15, 0.2) is 30.3 Å². The van der Waals surface area contributed by atoms with Crippen molar-refractivity contribution in [1.29, 1.82) is 0 Å². The fourth-order valence-electron chi connectivity index (χ4n) is 1.58. The average molecular weight is 401 g/mol. The van der Waals surface area contributed by atoms with Gasteiger partial charge in [0.2, 0.25) is 0 Å². The Labute approximate surface area is 99.2 Å². The third-order valence-electron chi connectivity index (χ3n) is 2.61. The first-order valence-corrected chi connectivity index (χ1v) is 11.5. The first kappa shape index (κ1) is 10.2. The van der Waals surface area contributed by atoms with Crippen LogP contribution in [0, 0.1) is 0 Å². The molecule has 0 aromatic heterocycles. The van der Waals surface area contributed by atoms with Gasteiger partial charge in [0, 0.05) is 0 Å². The number of hydrogen-bond acceptors (Lipinski definition) is 1. The van der Waals surface area contributed by atoms with Gasteiger partial charge in [-0.3, -0.25) is 0 Å². The van der Waals surface area contributed by atoms with Crippen LogP contribution in [-0.4, -0.2) is 6.61 Å². The molecule has 1 fully saturated rings. The van der Waals surface area contributed by atoms with Crippen molar-refractivity contribution in [3.05, 3.63) is 35.9 Å². The van der Waals surface area contributed by atoms with E-state index in [0.717, 1.165) is 6.61 Å². The molecule has 0 spiro atoms. The predicted octanol–water partition coefficient (Wildman–Crippen LogP) is 0.0888. The summed E-state index contributed by atoms with van der Waals surface area (Å²) < 4.78 is 5.61. The number of halogens is 2. The minimum atomic E-state index is -0.0405. The van der Waals surface area contributed by atoms with E-state index < -0.39 is 0 Å². The van der Waals surface area contributed by atoms with Crippen molar-refractivity contribution in [3.8, 4) is 0 Å². The first-order valence-electron chi connectivity index (χ1n) is 4.31. The molecular formula is C10H11I2O-. The van der Waals surface area contributed by atoms with Crippen LogP contribution in [0.3, 0.4) is 0 Å². The van der Waals surface area contributed by atoms with Gasteiger partial charge >= 0.3 is 100 Å². The topological polar surface area (TPSA) is 9.23 Å². The van der Waals surface area contributed by atoms with Gasteiger partial charge in [-0.2, -0.15) is 0 Å². The van der Waals surface area contributed by atoms with E-state index >= 15 is 0 Å². The van der Waals surface area contributed by atoms with Gasteiger partial charge in [0.15, 0.2) is 0 Å². The molecule has 0 atom stereocenters. The molecule has 1 saturated carbocycles. The summed E-state index contributed by atoms with van der Waals surface area (Å²) in [5.41, 5.74) is 1.86. The van der Waals surface area contributed by atoms with Gasteiger partial charge in [-0.15, -0.1) is 0 Å². The molecule has 0 bridgehead atoms. The second-order valence-corrected chi connectivity index (χ2v) is 6.65. The predicted molar refractivity (Wildman–Crippen MR) is 57.3 cm³/mol. The van der Waals surface area contributed by atoms with Crippen LogP contribution in [0.2, 0.25) is 0 Å². The van der Waals surface area contributed by atoms with Gasteiger partial charge < -0.3 is 0 Å². The summed E-state index contributed by atoms with van der Waals surface area (Å²) in [7, 11) is 0. The van der Waals surface area contributed by atoms with Gasteiger partial charge in [-0.25, -0.2) is 0 Å². The van der Waals surface area contributed by atoms with Crippen LogP contribution in [0.1, 0.15) is 18.4 Å². The van der Waals surface area contributed by atoms with Gasteiger partial charge in [0.05, 0.1) is 0 Å². The Morgan fingerprint density at radius 3 is 2.54 bits per heavy atom. The van der Waals surface area contributed by atoms with Crippen molar-refractivity contribution in [2.24, 2.45) is 0 Å². The number of hydrogen-bond donors (Lipinski definition) is 0. The van der Waals surface area contributed by atoms with Crippen LogP contribution >= 0.6 is 18.6 Å². The second-order valence-electron chi connectivity index (χ2n) is 3.46. The van der Waals surface area contributed by atoms with Crippen molar-refractivity contribution in [1.82, 2.24) is 0 Å². The average Bonchev–Trinajstić information content (AvgIpc) is 2.97. The van der Waals surface area contributed by atoms with E-state index in [4.69, 9.17) is 3.07 Å². The third kappa shape index (κ3) is 2.36. The molecule has 0 heterocycles. The Hall–Kier alpha value is 0.640. The van der Waals surface area contributed by atoms with E-state index in [1.165, 1.54) is 18.4 Å². The Balaban J connectivity index is 2.07. The first-order chi connectivity index (χ1) is 6.37. The fraction of sp³-hybridized carbons (Fsp3) is 0.400. The minimum absolute atomic E-state index is 0.0405. The summed E-state index contributed by atoms with van der Waals surface area (Å²) in [6, 6.07) is 10.8. The van der Waals surface area contributed by atoms with Crippen LogP contribution < -0.4 is 17.6 Å². The molecule has 0 saturated heterocycles. The van der Waals surface area contributed by atoms with Gasteiger partial charge in [-0.1, -0.05) is 0 Å². The molecule has 3 heteroatoms. The Morgan fingerprint density at radius 1 is 1.31 bits per heavy atom. The zero-order valence-electron chi connectivity index (χ0n) is 7.17. The van der Waals surface area contributed by atoms with E-state index in [9.17, 15) is 0 Å². The SMILES string of the molecule is I[I-]OCC1(c2ccccc2)CC1. The molecule has 2 rings (SSSR count). The maximum atomic E-state index is 5.61. The summed E-state index contributed by atoms with van der Waals surface area (Å²) in [5, 5.41) is 0. The van der Waals surface area contributed by atoms with E-state index in [2.05, 4.69) is 48.9 Å². The van der Waals surface area contributed by atoms with E-state index in [-0.39, 0.29) is 17.6 Å². The summed E-state index contributed by atoms with van der Waals surface area (Å²) in [5.74, 6) is 0. The molecule has 0 unspecified atom stereocenters. The molecule has 1 nitrogen and oxygen atoms in total. The quantitative estimate of drug-likeness (QED) is 0.651. The van der Waals surface area contributed by atoms with Crippen LogP contribution in [-0.2, 0) is 8.48 Å². The normalized spacial score (nSPS) is 18.8. The molecule has 72 valence electrons. The monoisotopic (exact) mass is 401 g/mol. The molecule has 13 heavy (non-hydrogen) atoms. The van der Waals surface area contributed by atoms with Crippen LogP contribution in [0.4, 0.5) is 0 Å². The van der Waals surface area contributed by atoms with Crippen molar-refractivity contribution >= 4 is 18.6 Å². The van der Waals surface area contributed by atoms with Crippen molar-refractivity contribution in [2.45, 2.75) is 18.3 Å². The zero-order chi connectivity index (χ0) is 9.15. The van der Waals surface area contributed by atoms with Crippen molar-refractivity contribution in [2.75, 3.05) is 6.61 Å². The Morgan fingerprint density at radius 2 is 2.00 bits per heavy atom. The fourth-order valence-corrected chi connectivity index (χ4v) is 3.09.